The Labute approximate surface area is 111 Å². The average Bonchev–Trinajstić information content (AvgIpc) is 2.88. The van der Waals surface area contributed by atoms with E-state index in [0.29, 0.717) is 0 Å². The highest BCUT2D eigenvalue weighted by Crippen LogP contribution is 2.25. The molecule has 0 amide bonds. The summed E-state index contributed by atoms with van der Waals surface area (Å²) in [7, 11) is 0. The molecule has 18 heavy (non-hydrogen) atoms. The van der Waals surface area contributed by atoms with Crippen molar-refractivity contribution < 1.29 is 0 Å². The lowest BCUT2D eigenvalue weighted by Crippen LogP contribution is -2.34. The van der Waals surface area contributed by atoms with Gasteiger partial charge >= 0.3 is 0 Å². The Kier molecular flexibility index (Phi) is 5.21. The maximum atomic E-state index is 5.67. The number of rotatable bonds is 6. The number of aryl methyl sites for hydroxylation is 1. The third kappa shape index (κ3) is 3.82. The Balaban J connectivity index is 1.99. The number of benzene rings is 1. The number of nitrogens with two attached hydrogens (primary N) is 1. The van der Waals surface area contributed by atoms with E-state index in [4.69, 9.17) is 5.73 Å². The van der Waals surface area contributed by atoms with E-state index >= 15 is 0 Å². The van der Waals surface area contributed by atoms with Gasteiger partial charge < -0.3 is 5.73 Å². The zero-order valence-corrected chi connectivity index (χ0v) is 11.6. The fraction of sp³-hybridized carbons (Fsp3) is 0.625. The van der Waals surface area contributed by atoms with Crippen molar-refractivity contribution >= 4 is 0 Å². The van der Waals surface area contributed by atoms with Crippen LogP contribution < -0.4 is 5.73 Å². The normalized spacial score (nSPS) is 16.6. The van der Waals surface area contributed by atoms with Crippen molar-refractivity contribution in [1.29, 1.82) is 0 Å². The van der Waals surface area contributed by atoms with E-state index in [1.807, 2.05) is 0 Å². The molecule has 2 rings (SSSR count). The van der Waals surface area contributed by atoms with Crippen molar-refractivity contribution in [1.82, 2.24) is 4.90 Å². The summed E-state index contributed by atoms with van der Waals surface area (Å²) in [5.74, 6) is 0. The van der Waals surface area contributed by atoms with Crippen LogP contribution in [-0.4, -0.2) is 24.0 Å². The summed E-state index contributed by atoms with van der Waals surface area (Å²) in [5, 5.41) is 0. The fourth-order valence-corrected chi connectivity index (χ4v) is 3.00. The van der Waals surface area contributed by atoms with Gasteiger partial charge in [0.2, 0.25) is 0 Å². The predicted molar refractivity (Wildman–Crippen MR) is 77.5 cm³/mol. The lowest BCUT2D eigenvalue weighted by atomic mass is 10.1. The van der Waals surface area contributed by atoms with Gasteiger partial charge in [-0.25, -0.2) is 0 Å². The van der Waals surface area contributed by atoms with Gasteiger partial charge in [0.1, 0.15) is 0 Å². The molecule has 1 aromatic rings. The first-order valence-corrected chi connectivity index (χ1v) is 7.29. The van der Waals surface area contributed by atoms with Gasteiger partial charge in [0.15, 0.2) is 0 Å². The van der Waals surface area contributed by atoms with Crippen LogP contribution in [0.1, 0.15) is 43.2 Å². The summed E-state index contributed by atoms with van der Waals surface area (Å²) in [4.78, 5) is 2.65. The van der Waals surface area contributed by atoms with Crippen LogP contribution in [0.3, 0.4) is 0 Å². The summed E-state index contributed by atoms with van der Waals surface area (Å²) < 4.78 is 0. The molecule has 0 heterocycles. The summed E-state index contributed by atoms with van der Waals surface area (Å²) in [6.45, 7) is 5.21. The average molecular weight is 246 g/mol. The van der Waals surface area contributed by atoms with Crippen LogP contribution in [0.5, 0.6) is 0 Å². The smallest absolute Gasteiger partial charge is 0.0236 e. The highest BCUT2D eigenvalue weighted by Gasteiger charge is 2.22. The lowest BCUT2D eigenvalue weighted by molar-refractivity contribution is 0.188. The van der Waals surface area contributed by atoms with Crippen LogP contribution in [0.4, 0.5) is 0 Å². The number of nitrogens with zero attached hydrogens (tertiary/aromatic N) is 1. The second kappa shape index (κ2) is 6.91. The van der Waals surface area contributed by atoms with E-state index < -0.39 is 0 Å². The molecule has 2 heteroatoms. The highest BCUT2D eigenvalue weighted by atomic mass is 15.2. The number of hydrogen-bond donors (Lipinski definition) is 1. The van der Waals surface area contributed by atoms with Gasteiger partial charge in [-0.1, -0.05) is 42.7 Å². The third-order valence-corrected chi connectivity index (χ3v) is 3.96. The summed E-state index contributed by atoms with van der Waals surface area (Å²) in [6, 6.07) is 9.68. The van der Waals surface area contributed by atoms with Crippen LogP contribution in [0.15, 0.2) is 24.3 Å². The Morgan fingerprint density at radius 3 is 2.72 bits per heavy atom. The second-order valence-corrected chi connectivity index (χ2v) is 5.54. The molecule has 0 unspecified atom stereocenters. The van der Waals surface area contributed by atoms with E-state index in [1.54, 1.807) is 0 Å². The van der Waals surface area contributed by atoms with Crippen LogP contribution in [0, 0.1) is 6.92 Å². The van der Waals surface area contributed by atoms with Crippen molar-refractivity contribution in [3.63, 3.8) is 0 Å². The van der Waals surface area contributed by atoms with Crippen LogP contribution in [0.25, 0.3) is 0 Å². The quantitative estimate of drug-likeness (QED) is 0.836. The molecule has 0 atom stereocenters. The van der Waals surface area contributed by atoms with Crippen molar-refractivity contribution in [2.24, 2.45) is 5.73 Å². The van der Waals surface area contributed by atoms with E-state index in [2.05, 4.69) is 36.1 Å². The van der Waals surface area contributed by atoms with E-state index in [1.165, 1.54) is 36.8 Å². The van der Waals surface area contributed by atoms with Crippen molar-refractivity contribution in [2.75, 3.05) is 13.1 Å². The molecule has 1 fully saturated rings. The first-order chi connectivity index (χ1) is 8.79. The molecule has 0 radical (unpaired) electrons. The molecular weight excluding hydrogens is 220 g/mol. The molecule has 1 aliphatic rings. The molecular formula is C16H26N2. The molecule has 0 bridgehead atoms. The van der Waals surface area contributed by atoms with Gasteiger partial charge in [-0.3, -0.25) is 4.90 Å². The first kappa shape index (κ1) is 13.6. The topological polar surface area (TPSA) is 29.3 Å². The Bertz CT molecular complexity index is 356. The van der Waals surface area contributed by atoms with E-state index in [9.17, 15) is 0 Å². The summed E-state index contributed by atoms with van der Waals surface area (Å²) >= 11 is 0. The van der Waals surface area contributed by atoms with Gasteiger partial charge in [0.05, 0.1) is 0 Å². The SMILES string of the molecule is Cc1cccc(CN(CCCN)C2CCCC2)c1. The molecule has 1 aromatic carbocycles. The Morgan fingerprint density at radius 1 is 1.28 bits per heavy atom. The third-order valence-electron chi connectivity index (χ3n) is 3.96. The molecule has 0 aromatic heterocycles. The minimum absolute atomic E-state index is 0.789. The second-order valence-electron chi connectivity index (χ2n) is 5.54. The minimum atomic E-state index is 0.789. The molecule has 100 valence electrons. The largest absolute Gasteiger partial charge is 0.330 e. The molecule has 2 nitrogen and oxygen atoms in total. The monoisotopic (exact) mass is 246 g/mol. The maximum Gasteiger partial charge on any atom is 0.0236 e. The predicted octanol–water partition coefficient (Wildman–Crippen LogP) is 3.09. The Hall–Kier alpha value is -0.860. The molecule has 1 saturated carbocycles. The van der Waals surface area contributed by atoms with E-state index in [0.717, 1.165) is 32.1 Å². The number of hydrogen-bond acceptors (Lipinski definition) is 2. The summed E-state index contributed by atoms with van der Waals surface area (Å²) in [6.07, 6.45) is 6.66. The Morgan fingerprint density at radius 2 is 2.06 bits per heavy atom. The van der Waals surface area contributed by atoms with Gasteiger partial charge in [-0.05, 0) is 44.8 Å². The van der Waals surface area contributed by atoms with Crippen LogP contribution >= 0.6 is 0 Å². The highest BCUT2D eigenvalue weighted by molar-refractivity contribution is 5.22. The zero-order valence-electron chi connectivity index (χ0n) is 11.6. The van der Waals surface area contributed by atoms with Crippen molar-refractivity contribution in [2.45, 2.75) is 51.6 Å². The lowest BCUT2D eigenvalue weighted by Gasteiger charge is -2.29. The van der Waals surface area contributed by atoms with Gasteiger partial charge in [0, 0.05) is 12.6 Å². The van der Waals surface area contributed by atoms with Crippen LogP contribution in [0.2, 0.25) is 0 Å². The van der Waals surface area contributed by atoms with Crippen molar-refractivity contribution in [3.8, 4) is 0 Å². The standard InChI is InChI=1S/C16H26N2/c1-14-6-4-7-15(12-14)13-18(11-5-10-17)16-8-2-3-9-16/h4,6-7,12,16H,2-3,5,8-11,13,17H2,1H3. The van der Waals surface area contributed by atoms with Gasteiger partial charge in [0.25, 0.3) is 0 Å². The van der Waals surface area contributed by atoms with Crippen LogP contribution in [-0.2, 0) is 6.54 Å². The fourth-order valence-electron chi connectivity index (χ4n) is 3.00. The van der Waals surface area contributed by atoms with E-state index in [-0.39, 0.29) is 0 Å². The zero-order chi connectivity index (χ0) is 12.8. The van der Waals surface area contributed by atoms with Gasteiger partial charge in [-0.2, -0.15) is 0 Å². The summed E-state index contributed by atoms with van der Waals surface area (Å²) in [5.41, 5.74) is 8.47. The van der Waals surface area contributed by atoms with Gasteiger partial charge in [-0.15, -0.1) is 0 Å². The molecule has 0 spiro atoms. The molecule has 2 N–H and O–H groups in total. The minimum Gasteiger partial charge on any atom is -0.330 e. The molecule has 0 aliphatic heterocycles. The molecule has 1 aliphatic carbocycles. The first-order valence-electron chi connectivity index (χ1n) is 7.29. The maximum absolute atomic E-state index is 5.67. The molecule has 0 saturated heterocycles. The van der Waals surface area contributed by atoms with Crippen molar-refractivity contribution in [3.05, 3.63) is 35.4 Å².